The van der Waals surface area contributed by atoms with Crippen LogP contribution in [0.3, 0.4) is 0 Å². The Morgan fingerprint density at radius 3 is 2.50 bits per heavy atom. The van der Waals surface area contributed by atoms with Crippen LogP contribution in [0.4, 0.5) is 0 Å². The van der Waals surface area contributed by atoms with Gasteiger partial charge in [-0.05, 0) is 6.42 Å². The summed E-state index contributed by atoms with van der Waals surface area (Å²) in [5, 5.41) is 0. The number of hydrogen-bond acceptors (Lipinski definition) is 2. The van der Waals surface area contributed by atoms with E-state index in [4.69, 9.17) is 5.73 Å². The number of ketones is 1. The van der Waals surface area contributed by atoms with Crippen LogP contribution in [0.15, 0.2) is 4.99 Å². The van der Waals surface area contributed by atoms with Crippen molar-refractivity contribution < 1.29 is 4.79 Å². The monoisotopic (exact) mass is 142 g/mol. The lowest BCUT2D eigenvalue weighted by atomic mass is 10.0. The molecule has 1 atom stereocenters. The van der Waals surface area contributed by atoms with Crippen LogP contribution >= 0.6 is 0 Å². The van der Waals surface area contributed by atoms with Crippen LogP contribution in [-0.4, -0.2) is 18.7 Å². The van der Waals surface area contributed by atoms with Gasteiger partial charge < -0.3 is 5.73 Å². The molecule has 10 heavy (non-hydrogen) atoms. The minimum Gasteiger partial charge on any atom is -0.381 e. The van der Waals surface area contributed by atoms with Crippen molar-refractivity contribution in [1.82, 2.24) is 0 Å². The zero-order valence-corrected chi connectivity index (χ0v) is 6.72. The van der Waals surface area contributed by atoms with Gasteiger partial charge in [-0.1, -0.05) is 13.8 Å². The van der Waals surface area contributed by atoms with Gasteiger partial charge in [0.25, 0.3) is 0 Å². The van der Waals surface area contributed by atoms with E-state index in [0.717, 1.165) is 6.42 Å². The first-order valence-electron chi connectivity index (χ1n) is 3.40. The average molecular weight is 142 g/mol. The molecule has 3 nitrogen and oxygen atoms in total. The highest BCUT2D eigenvalue weighted by Gasteiger charge is 2.13. The molecule has 0 saturated carbocycles. The third kappa shape index (κ3) is 2.17. The molecule has 0 aromatic carbocycles. The van der Waals surface area contributed by atoms with Crippen molar-refractivity contribution in [1.29, 1.82) is 0 Å². The Hall–Kier alpha value is -0.860. The average Bonchev–Trinajstić information content (AvgIpc) is 2.00. The molecule has 1 unspecified atom stereocenters. The third-order valence-electron chi connectivity index (χ3n) is 1.55. The largest absolute Gasteiger partial charge is 0.381 e. The second-order valence-corrected chi connectivity index (χ2v) is 2.28. The number of carbonyl (C=O) groups excluding carboxylic acids is 1. The summed E-state index contributed by atoms with van der Waals surface area (Å²) >= 11 is 0. The fourth-order valence-corrected chi connectivity index (χ4v) is 0.548. The summed E-state index contributed by atoms with van der Waals surface area (Å²) in [7, 11) is 1.52. The number of amidine groups is 1. The fourth-order valence-electron chi connectivity index (χ4n) is 0.548. The number of nitrogens with two attached hydrogens (primary N) is 1. The van der Waals surface area contributed by atoms with Crippen LogP contribution in [0.5, 0.6) is 0 Å². The van der Waals surface area contributed by atoms with Crippen molar-refractivity contribution in [2.75, 3.05) is 7.05 Å². The summed E-state index contributed by atoms with van der Waals surface area (Å²) in [5.41, 5.74) is 5.29. The first kappa shape index (κ1) is 9.14. The molecule has 0 amide bonds. The lowest BCUT2D eigenvalue weighted by Crippen LogP contribution is -2.28. The zero-order valence-electron chi connectivity index (χ0n) is 6.72. The van der Waals surface area contributed by atoms with E-state index in [0.29, 0.717) is 0 Å². The lowest BCUT2D eigenvalue weighted by Gasteiger charge is -2.04. The predicted molar refractivity (Wildman–Crippen MR) is 42.0 cm³/mol. The van der Waals surface area contributed by atoms with E-state index in [2.05, 4.69) is 4.99 Å². The maximum Gasteiger partial charge on any atom is 0.199 e. The maximum absolute atomic E-state index is 11.0. The standard InChI is InChI=1S/C7H14N2O/c1-4-5(2)6(10)7(8)9-3/h5H,4H2,1-3H3,(H2,8,9). The van der Waals surface area contributed by atoms with E-state index in [-0.39, 0.29) is 17.5 Å². The van der Waals surface area contributed by atoms with Crippen LogP contribution in [0.1, 0.15) is 20.3 Å². The van der Waals surface area contributed by atoms with Gasteiger partial charge in [0.15, 0.2) is 11.6 Å². The van der Waals surface area contributed by atoms with Crippen LogP contribution in [0, 0.1) is 5.92 Å². The fraction of sp³-hybridized carbons (Fsp3) is 0.714. The summed E-state index contributed by atoms with van der Waals surface area (Å²) in [6.45, 7) is 3.80. The van der Waals surface area contributed by atoms with Crippen molar-refractivity contribution in [3.63, 3.8) is 0 Å². The molecule has 0 aromatic heterocycles. The Kier molecular flexibility index (Phi) is 3.69. The maximum atomic E-state index is 11.0. The van der Waals surface area contributed by atoms with Gasteiger partial charge in [-0.25, -0.2) is 0 Å². The summed E-state index contributed by atoms with van der Waals surface area (Å²) in [6, 6.07) is 0. The van der Waals surface area contributed by atoms with E-state index in [1.54, 1.807) is 0 Å². The molecule has 0 aromatic rings. The molecular formula is C7H14N2O. The van der Waals surface area contributed by atoms with Gasteiger partial charge >= 0.3 is 0 Å². The van der Waals surface area contributed by atoms with Gasteiger partial charge in [-0.2, -0.15) is 0 Å². The van der Waals surface area contributed by atoms with E-state index < -0.39 is 0 Å². The summed E-state index contributed by atoms with van der Waals surface area (Å²) in [6.07, 6.45) is 0.815. The molecule has 0 aliphatic heterocycles. The number of aliphatic imine (C=N–C) groups is 1. The molecular weight excluding hydrogens is 128 g/mol. The first-order chi connectivity index (χ1) is 4.63. The normalized spacial score (nSPS) is 14.9. The van der Waals surface area contributed by atoms with Gasteiger partial charge in [0.05, 0.1) is 0 Å². The number of rotatable bonds is 3. The zero-order chi connectivity index (χ0) is 8.15. The van der Waals surface area contributed by atoms with Crippen molar-refractivity contribution in [2.24, 2.45) is 16.6 Å². The SMILES string of the molecule is CCC(C)C(=O)C(N)=NC. The third-order valence-corrected chi connectivity index (χ3v) is 1.55. The molecule has 0 heterocycles. The second-order valence-electron chi connectivity index (χ2n) is 2.28. The first-order valence-corrected chi connectivity index (χ1v) is 3.40. The highest BCUT2D eigenvalue weighted by Crippen LogP contribution is 2.01. The molecule has 58 valence electrons. The molecule has 0 aliphatic rings. The quantitative estimate of drug-likeness (QED) is 0.463. The topological polar surface area (TPSA) is 55.5 Å². The number of Topliss-reactive ketones (excluding diaryl/α,β-unsaturated/α-hetero) is 1. The second kappa shape index (κ2) is 4.04. The highest BCUT2D eigenvalue weighted by molar-refractivity contribution is 6.38. The van der Waals surface area contributed by atoms with Gasteiger partial charge in [0.2, 0.25) is 0 Å². The van der Waals surface area contributed by atoms with E-state index >= 15 is 0 Å². The van der Waals surface area contributed by atoms with Crippen molar-refractivity contribution in [2.45, 2.75) is 20.3 Å². The molecule has 2 N–H and O–H groups in total. The Morgan fingerprint density at radius 2 is 2.20 bits per heavy atom. The predicted octanol–water partition coefficient (Wildman–Crippen LogP) is 0.589. The van der Waals surface area contributed by atoms with Crippen LogP contribution in [0.2, 0.25) is 0 Å². The van der Waals surface area contributed by atoms with E-state index in [1.165, 1.54) is 7.05 Å². The van der Waals surface area contributed by atoms with Crippen molar-refractivity contribution in [3.05, 3.63) is 0 Å². The van der Waals surface area contributed by atoms with Crippen molar-refractivity contribution >= 4 is 11.6 Å². The molecule has 0 spiro atoms. The minimum atomic E-state index is -0.0509. The van der Waals surface area contributed by atoms with Crippen LogP contribution < -0.4 is 5.73 Å². The summed E-state index contributed by atoms with van der Waals surface area (Å²) in [4.78, 5) is 14.7. The van der Waals surface area contributed by atoms with Crippen molar-refractivity contribution in [3.8, 4) is 0 Å². The van der Waals surface area contributed by atoms with Gasteiger partial charge in [-0.3, -0.25) is 9.79 Å². The molecule has 0 fully saturated rings. The number of hydrogen-bond donors (Lipinski definition) is 1. The van der Waals surface area contributed by atoms with E-state index in [9.17, 15) is 4.79 Å². The Morgan fingerprint density at radius 1 is 1.70 bits per heavy atom. The van der Waals surface area contributed by atoms with Crippen LogP contribution in [-0.2, 0) is 4.79 Å². The summed E-state index contributed by atoms with van der Waals surface area (Å²) in [5.74, 6) is 0.0862. The molecule has 0 rings (SSSR count). The smallest absolute Gasteiger partial charge is 0.199 e. The Labute approximate surface area is 61.3 Å². The summed E-state index contributed by atoms with van der Waals surface area (Å²) < 4.78 is 0. The molecule has 0 radical (unpaired) electrons. The molecule has 0 saturated heterocycles. The molecule has 3 heteroatoms. The molecule has 0 bridgehead atoms. The number of nitrogens with zero attached hydrogens (tertiary/aromatic N) is 1. The van der Waals surface area contributed by atoms with Gasteiger partial charge in [-0.15, -0.1) is 0 Å². The van der Waals surface area contributed by atoms with Crippen LogP contribution in [0.25, 0.3) is 0 Å². The van der Waals surface area contributed by atoms with E-state index in [1.807, 2.05) is 13.8 Å². The molecule has 0 aliphatic carbocycles. The minimum absolute atomic E-state index is 0.00343. The van der Waals surface area contributed by atoms with Gasteiger partial charge in [0, 0.05) is 13.0 Å². The highest BCUT2D eigenvalue weighted by atomic mass is 16.1. The van der Waals surface area contributed by atoms with Gasteiger partial charge in [0.1, 0.15) is 0 Å². The lowest BCUT2D eigenvalue weighted by molar-refractivity contribution is -0.116. The Balaban J connectivity index is 4.08. The Bertz CT molecular complexity index is 152. The number of carbonyl (C=O) groups is 1.